The topological polar surface area (TPSA) is 51.8 Å². The Morgan fingerprint density at radius 1 is 1.29 bits per heavy atom. The molecule has 72 valence electrons. The van der Waals surface area contributed by atoms with Crippen LogP contribution in [0, 0.1) is 0 Å². The third-order valence-corrected chi connectivity index (χ3v) is 2.60. The lowest BCUT2D eigenvalue weighted by Gasteiger charge is -1.98. The average Bonchev–Trinajstić information content (AvgIpc) is 2.72. The van der Waals surface area contributed by atoms with E-state index in [1.807, 2.05) is 29.2 Å². The monoisotopic (exact) mass is 205 g/mol. The van der Waals surface area contributed by atoms with E-state index in [-0.39, 0.29) is 0 Å². The van der Waals surface area contributed by atoms with Gasteiger partial charge in [-0.05, 0) is 30.0 Å². The van der Waals surface area contributed by atoms with E-state index in [1.165, 1.54) is 0 Å². The predicted molar refractivity (Wildman–Crippen MR) is 58.1 cm³/mol. The first kappa shape index (κ1) is 9.30. The first-order valence-corrected chi connectivity index (χ1v) is 5.38. The second-order valence-corrected chi connectivity index (χ2v) is 3.75. The van der Waals surface area contributed by atoms with Gasteiger partial charge < -0.3 is 5.73 Å². The van der Waals surface area contributed by atoms with Gasteiger partial charge in [-0.2, -0.15) is 11.3 Å². The predicted octanol–water partition coefficient (Wildman–Crippen LogP) is 1.71. The Balaban J connectivity index is 2.22. The number of nitrogens with zero attached hydrogens (tertiary/aromatic N) is 2. The van der Waals surface area contributed by atoms with E-state index in [4.69, 9.17) is 5.73 Å². The molecule has 0 aliphatic rings. The zero-order valence-corrected chi connectivity index (χ0v) is 8.50. The Hall–Kier alpha value is -1.26. The van der Waals surface area contributed by atoms with Crippen molar-refractivity contribution < 1.29 is 0 Å². The fraction of sp³-hybridized carbons (Fsp3) is 0.200. The number of aromatic nitrogens is 2. The minimum Gasteiger partial charge on any atom is -0.330 e. The summed E-state index contributed by atoms with van der Waals surface area (Å²) >= 11 is 1.65. The van der Waals surface area contributed by atoms with E-state index in [9.17, 15) is 0 Å². The first-order chi connectivity index (χ1) is 6.90. The van der Waals surface area contributed by atoms with Crippen molar-refractivity contribution in [3.05, 3.63) is 34.8 Å². The summed E-state index contributed by atoms with van der Waals surface area (Å²) in [6, 6.07) is 2.02. The summed E-state index contributed by atoms with van der Waals surface area (Å²) in [4.78, 5) is 8.56. The molecule has 2 aromatic heterocycles. The molecule has 0 saturated heterocycles. The van der Waals surface area contributed by atoms with Gasteiger partial charge >= 0.3 is 0 Å². The molecule has 2 N–H and O–H groups in total. The summed E-state index contributed by atoms with van der Waals surface area (Å²) in [6.07, 6.45) is 4.52. The molecule has 0 unspecified atom stereocenters. The number of thiophene rings is 1. The molecule has 14 heavy (non-hydrogen) atoms. The van der Waals surface area contributed by atoms with Crippen LogP contribution in [0.15, 0.2) is 29.2 Å². The third kappa shape index (κ3) is 1.97. The summed E-state index contributed by atoms with van der Waals surface area (Å²) in [5.74, 6) is 0.784. The van der Waals surface area contributed by atoms with Crippen molar-refractivity contribution in [3.8, 4) is 11.4 Å². The van der Waals surface area contributed by atoms with E-state index < -0.39 is 0 Å². The molecule has 0 spiro atoms. The molecule has 4 heteroatoms. The Morgan fingerprint density at radius 3 is 2.64 bits per heavy atom. The maximum absolute atomic E-state index is 5.44. The minimum absolute atomic E-state index is 0.640. The van der Waals surface area contributed by atoms with Crippen LogP contribution in [-0.2, 0) is 6.42 Å². The first-order valence-electron chi connectivity index (χ1n) is 4.43. The van der Waals surface area contributed by atoms with Gasteiger partial charge in [-0.15, -0.1) is 0 Å². The summed E-state index contributed by atoms with van der Waals surface area (Å²) in [5, 5.41) is 4.06. The van der Waals surface area contributed by atoms with Crippen LogP contribution in [0.25, 0.3) is 11.4 Å². The molecule has 2 rings (SSSR count). The van der Waals surface area contributed by atoms with Gasteiger partial charge in [0.25, 0.3) is 0 Å². The highest BCUT2D eigenvalue weighted by atomic mass is 32.1. The van der Waals surface area contributed by atoms with Crippen LogP contribution >= 0.6 is 11.3 Å². The van der Waals surface area contributed by atoms with E-state index in [2.05, 4.69) is 9.97 Å². The van der Waals surface area contributed by atoms with Crippen molar-refractivity contribution in [3.63, 3.8) is 0 Å². The van der Waals surface area contributed by atoms with Crippen molar-refractivity contribution in [2.45, 2.75) is 6.42 Å². The molecule has 3 nitrogen and oxygen atoms in total. The van der Waals surface area contributed by atoms with Crippen LogP contribution < -0.4 is 5.73 Å². The lowest BCUT2D eigenvalue weighted by molar-refractivity contribution is 0.943. The van der Waals surface area contributed by atoms with E-state index in [1.54, 1.807) is 11.3 Å². The molecular weight excluding hydrogens is 194 g/mol. The zero-order valence-electron chi connectivity index (χ0n) is 7.68. The fourth-order valence-electron chi connectivity index (χ4n) is 1.19. The molecule has 0 fully saturated rings. The molecule has 2 aromatic rings. The van der Waals surface area contributed by atoms with Gasteiger partial charge in [-0.3, -0.25) is 0 Å². The van der Waals surface area contributed by atoms with E-state index in [0.717, 1.165) is 23.4 Å². The number of hydrogen-bond donors (Lipinski definition) is 1. The SMILES string of the molecule is NCCc1cnc(-c2ccsc2)nc1. The molecule has 2 heterocycles. The highest BCUT2D eigenvalue weighted by Gasteiger charge is 2.00. The Kier molecular flexibility index (Phi) is 2.86. The van der Waals surface area contributed by atoms with Crippen LogP contribution in [0.3, 0.4) is 0 Å². The van der Waals surface area contributed by atoms with Crippen LogP contribution in [0.4, 0.5) is 0 Å². The largest absolute Gasteiger partial charge is 0.330 e. The van der Waals surface area contributed by atoms with Gasteiger partial charge in [0.1, 0.15) is 0 Å². The standard InChI is InChI=1S/C10H11N3S/c11-3-1-8-5-12-10(13-6-8)9-2-4-14-7-9/h2,4-7H,1,3,11H2. The van der Waals surface area contributed by atoms with Crippen LogP contribution in [0.5, 0.6) is 0 Å². The molecule has 0 bridgehead atoms. The highest BCUT2D eigenvalue weighted by Crippen LogP contribution is 2.17. The van der Waals surface area contributed by atoms with Crippen LogP contribution in [-0.4, -0.2) is 16.5 Å². The molecule has 0 aliphatic carbocycles. The smallest absolute Gasteiger partial charge is 0.159 e. The Labute approximate surface area is 86.6 Å². The lowest BCUT2D eigenvalue weighted by Crippen LogP contribution is -2.03. The van der Waals surface area contributed by atoms with Gasteiger partial charge in [0.05, 0.1) is 0 Å². The second kappa shape index (κ2) is 4.30. The summed E-state index contributed by atoms with van der Waals surface area (Å²) < 4.78 is 0. The molecule has 0 amide bonds. The third-order valence-electron chi connectivity index (χ3n) is 1.92. The minimum atomic E-state index is 0.640. The fourth-order valence-corrected chi connectivity index (χ4v) is 1.83. The Morgan fingerprint density at radius 2 is 2.07 bits per heavy atom. The highest BCUT2D eigenvalue weighted by molar-refractivity contribution is 7.08. The molecular formula is C10H11N3S. The average molecular weight is 205 g/mol. The zero-order chi connectivity index (χ0) is 9.80. The maximum atomic E-state index is 5.44. The van der Waals surface area contributed by atoms with Crippen molar-refractivity contribution >= 4 is 11.3 Å². The number of hydrogen-bond acceptors (Lipinski definition) is 4. The number of rotatable bonds is 3. The summed E-state index contributed by atoms with van der Waals surface area (Å²) in [5.41, 5.74) is 7.61. The van der Waals surface area contributed by atoms with Crippen molar-refractivity contribution in [1.29, 1.82) is 0 Å². The lowest BCUT2D eigenvalue weighted by atomic mass is 10.2. The van der Waals surface area contributed by atoms with Crippen molar-refractivity contribution in [2.75, 3.05) is 6.54 Å². The van der Waals surface area contributed by atoms with Gasteiger partial charge in [0.15, 0.2) is 5.82 Å². The Bertz CT molecular complexity index is 380. The molecule has 0 radical (unpaired) electrons. The normalized spacial score (nSPS) is 10.4. The van der Waals surface area contributed by atoms with Gasteiger partial charge in [-0.25, -0.2) is 9.97 Å². The second-order valence-electron chi connectivity index (χ2n) is 2.97. The van der Waals surface area contributed by atoms with E-state index in [0.29, 0.717) is 6.54 Å². The molecule has 0 atom stereocenters. The molecule has 0 saturated carbocycles. The summed E-state index contributed by atoms with van der Waals surface area (Å²) in [7, 11) is 0. The van der Waals surface area contributed by atoms with Gasteiger partial charge in [-0.1, -0.05) is 0 Å². The van der Waals surface area contributed by atoms with Crippen molar-refractivity contribution in [1.82, 2.24) is 9.97 Å². The van der Waals surface area contributed by atoms with Gasteiger partial charge in [0, 0.05) is 23.3 Å². The molecule has 0 aromatic carbocycles. The van der Waals surface area contributed by atoms with Crippen LogP contribution in [0.2, 0.25) is 0 Å². The number of nitrogens with two attached hydrogens (primary N) is 1. The van der Waals surface area contributed by atoms with Crippen molar-refractivity contribution in [2.24, 2.45) is 5.73 Å². The quantitative estimate of drug-likeness (QED) is 0.829. The van der Waals surface area contributed by atoms with Crippen LogP contribution in [0.1, 0.15) is 5.56 Å². The molecule has 0 aliphatic heterocycles. The van der Waals surface area contributed by atoms with E-state index >= 15 is 0 Å². The maximum Gasteiger partial charge on any atom is 0.159 e. The van der Waals surface area contributed by atoms with Gasteiger partial charge in [0.2, 0.25) is 0 Å². The summed E-state index contributed by atoms with van der Waals surface area (Å²) in [6.45, 7) is 0.640.